The van der Waals surface area contributed by atoms with Crippen LogP contribution in [0.5, 0.6) is 0 Å². The minimum atomic E-state index is -2.20. The van der Waals surface area contributed by atoms with Crippen LogP contribution in [0.15, 0.2) is 18.5 Å². The van der Waals surface area contributed by atoms with Crippen molar-refractivity contribution in [3.05, 3.63) is 24.2 Å². The molecule has 2 aromatic heterocycles. The van der Waals surface area contributed by atoms with Crippen molar-refractivity contribution in [3.63, 3.8) is 0 Å². The molecule has 1 aliphatic carbocycles. The van der Waals surface area contributed by atoms with E-state index in [1.807, 2.05) is 6.07 Å². The highest BCUT2D eigenvalue weighted by atomic mass is 16.6. The van der Waals surface area contributed by atoms with Gasteiger partial charge in [-0.2, -0.15) is 10.4 Å². The highest BCUT2D eigenvalue weighted by Gasteiger charge is 2.60. The molecule has 0 radical (unpaired) electrons. The van der Waals surface area contributed by atoms with E-state index in [1.54, 1.807) is 55.4 Å². The molecule has 2 amide bonds. The van der Waals surface area contributed by atoms with Gasteiger partial charge in [-0.3, -0.25) is 9.59 Å². The summed E-state index contributed by atoms with van der Waals surface area (Å²) in [6.45, 7) is 13.2. The number of anilines is 1. The van der Waals surface area contributed by atoms with Gasteiger partial charge in [0.15, 0.2) is 11.9 Å². The van der Waals surface area contributed by atoms with Gasteiger partial charge in [0.05, 0.1) is 5.69 Å². The van der Waals surface area contributed by atoms with Crippen molar-refractivity contribution in [3.8, 4) is 6.07 Å². The average molecular weight is 729 g/mol. The molecule has 5 atom stereocenters. The van der Waals surface area contributed by atoms with Gasteiger partial charge in [-0.1, -0.05) is 33.1 Å². The number of nitrogens with one attached hydrogen (secondary N) is 2. The molecule has 16 nitrogen and oxygen atoms in total. The number of nitriles is 1. The standard InChI is InChI=1S/C36H52N6O10/c1-9-49-35(7,8)32(46)41-30-23-15-16-25(42(23)39-20-38-30)36(19-37)29(44)28(24(51-36)18-48-26(43)17-22-13-11-10-12-14-22)50-31(45)27(21(2)3)40-33(47)52-34(4,5)6/h15-16,20-22,24,27-29,44H,9-14,17-18H2,1-8H3,(H,40,47)(H,38,39,41,46)/t24-,27+,28-,29-,36+/m1/s1. The fraction of sp³-hybridized carbons (Fsp3) is 0.694. The van der Waals surface area contributed by atoms with Crippen LogP contribution in [0, 0.1) is 23.2 Å². The molecule has 2 aromatic rings. The summed E-state index contributed by atoms with van der Waals surface area (Å²) in [6, 6.07) is 3.83. The number of aliphatic hydroxyl groups excluding tert-OH is 1. The number of hydrogen-bond acceptors (Lipinski definition) is 13. The quantitative estimate of drug-likeness (QED) is 0.197. The maximum absolute atomic E-state index is 13.7. The SMILES string of the molecule is CCOC(C)(C)C(=O)Nc1ncnn2c([C@]3(C#N)O[C@H](COC(=O)CC4CCCCC4)[C@@H](OC(=O)[C@@H](NC(=O)OC(C)(C)C)C(C)C)[C@H]3O)ccc12. The second-order valence-electron chi connectivity index (χ2n) is 15.1. The van der Waals surface area contributed by atoms with Crippen LogP contribution in [0.25, 0.3) is 5.52 Å². The minimum absolute atomic E-state index is 0.0313. The number of hydrogen-bond donors (Lipinski definition) is 3. The summed E-state index contributed by atoms with van der Waals surface area (Å²) >= 11 is 0. The maximum atomic E-state index is 13.7. The molecular formula is C36H52N6O10. The summed E-state index contributed by atoms with van der Waals surface area (Å²) in [6.07, 6.45) is 0.881. The lowest BCUT2D eigenvalue weighted by Crippen LogP contribution is -2.50. The Hall–Kier alpha value is -4.33. The predicted molar refractivity (Wildman–Crippen MR) is 186 cm³/mol. The molecule has 0 spiro atoms. The third-order valence-corrected chi connectivity index (χ3v) is 9.15. The van der Waals surface area contributed by atoms with Gasteiger partial charge in [0.1, 0.15) is 54.0 Å². The van der Waals surface area contributed by atoms with Crippen LogP contribution < -0.4 is 10.6 Å². The summed E-state index contributed by atoms with van der Waals surface area (Å²) < 4.78 is 29.9. The number of nitrogens with zero attached hydrogens (tertiary/aromatic N) is 4. The van der Waals surface area contributed by atoms with Gasteiger partial charge in [0.2, 0.25) is 5.60 Å². The van der Waals surface area contributed by atoms with Crippen LogP contribution in [-0.2, 0) is 43.7 Å². The lowest BCUT2D eigenvalue weighted by molar-refractivity contribution is -0.163. The summed E-state index contributed by atoms with van der Waals surface area (Å²) in [7, 11) is 0. The molecule has 3 heterocycles. The molecule has 0 unspecified atom stereocenters. The Bertz CT molecular complexity index is 1640. The van der Waals surface area contributed by atoms with Gasteiger partial charge in [-0.15, -0.1) is 0 Å². The summed E-state index contributed by atoms with van der Waals surface area (Å²) in [5.41, 5.74) is -3.93. The molecule has 2 fully saturated rings. The van der Waals surface area contributed by atoms with Crippen molar-refractivity contribution in [1.82, 2.24) is 19.9 Å². The molecule has 4 rings (SSSR count). The van der Waals surface area contributed by atoms with Crippen molar-refractivity contribution >= 4 is 35.3 Å². The third-order valence-electron chi connectivity index (χ3n) is 9.15. The molecule has 1 aliphatic heterocycles. The fourth-order valence-corrected chi connectivity index (χ4v) is 6.44. The number of aliphatic hydroxyl groups is 1. The number of aromatic nitrogens is 3. The van der Waals surface area contributed by atoms with Crippen molar-refractivity contribution in [2.24, 2.45) is 11.8 Å². The molecule has 1 saturated heterocycles. The molecule has 3 N–H and O–H groups in total. The lowest BCUT2D eigenvalue weighted by atomic mass is 9.87. The Labute approximate surface area is 303 Å². The minimum Gasteiger partial charge on any atom is -0.463 e. The van der Waals surface area contributed by atoms with E-state index >= 15 is 0 Å². The second-order valence-corrected chi connectivity index (χ2v) is 15.1. The highest BCUT2D eigenvalue weighted by molar-refractivity contribution is 5.98. The molecular weight excluding hydrogens is 676 g/mol. The van der Waals surface area contributed by atoms with Crippen LogP contribution in [0.1, 0.15) is 99.6 Å². The Morgan fingerprint density at radius 2 is 1.83 bits per heavy atom. The molecule has 16 heteroatoms. The van der Waals surface area contributed by atoms with E-state index in [9.17, 15) is 29.5 Å². The van der Waals surface area contributed by atoms with Gasteiger partial charge < -0.3 is 39.4 Å². The number of carbonyl (C=O) groups is 4. The van der Waals surface area contributed by atoms with Crippen molar-refractivity contribution in [2.75, 3.05) is 18.5 Å². The van der Waals surface area contributed by atoms with E-state index in [-0.39, 0.29) is 29.4 Å². The Morgan fingerprint density at radius 1 is 1.13 bits per heavy atom. The molecule has 2 aliphatic rings. The first kappa shape index (κ1) is 40.4. The summed E-state index contributed by atoms with van der Waals surface area (Å²) in [5.74, 6) is -2.07. The molecule has 0 bridgehead atoms. The first-order chi connectivity index (χ1) is 24.4. The number of alkyl carbamates (subject to hydrolysis) is 1. The summed E-state index contributed by atoms with van der Waals surface area (Å²) in [4.78, 5) is 56.5. The van der Waals surface area contributed by atoms with Gasteiger partial charge in [0, 0.05) is 13.0 Å². The fourth-order valence-electron chi connectivity index (χ4n) is 6.44. The third kappa shape index (κ3) is 9.36. The van der Waals surface area contributed by atoms with E-state index in [0.29, 0.717) is 6.61 Å². The van der Waals surface area contributed by atoms with Crippen LogP contribution in [0.3, 0.4) is 0 Å². The molecule has 286 valence electrons. The van der Waals surface area contributed by atoms with Gasteiger partial charge >= 0.3 is 18.0 Å². The number of ether oxygens (including phenoxy) is 5. The first-order valence-corrected chi connectivity index (χ1v) is 17.8. The Balaban J connectivity index is 1.66. The number of fused-ring (bicyclic) bond motifs is 1. The smallest absolute Gasteiger partial charge is 0.408 e. The number of carbonyl (C=O) groups excluding carboxylic acids is 4. The van der Waals surface area contributed by atoms with Crippen molar-refractivity contribution in [1.29, 1.82) is 5.26 Å². The second kappa shape index (κ2) is 16.6. The van der Waals surface area contributed by atoms with Crippen LogP contribution >= 0.6 is 0 Å². The van der Waals surface area contributed by atoms with Crippen LogP contribution in [0.2, 0.25) is 0 Å². The number of esters is 2. The van der Waals surface area contributed by atoms with E-state index in [4.69, 9.17) is 23.7 Å². The highest BCUT2D eigenvalue weighted by Crippen LogP contribution is 2.42. The average Bonchev–Trinajstić information content (AvgIpc) is 3.62. The monoisotopic (exact) mass is 728 g/mol. The van der Waals surface area contributed by atoms with E-state index < -0.39 is 77.6 Å². The van der Waals surface area contributed by atoms with Crippen molar-refractivity contribution in [2.45, 2.75) is 135 Å². The predicted octanol–water partition coefficient (Wildman–Crippen LogP) is 3.94. The van der Waals surface area contributed by atoms with E-state index in [2.05, 4.69) is 20.7 Å². The van der Waals surface area contributed by atoms with E-state index in [0.717, 1.165) is 38.4 Å². The number of rotatable bonds is 13. The lowest BCUT2D eigenvalue weighted by Gasteiger charge is -2.28. The summed E-state index contributed by atoms with van der Waals surface area (Å²) in [5, 5.41) is 32.1. The zero-order chi connectivity index (χ0) is 38.4. The van der Waals surface area contributed by atoms with Crippen LogP contribution in [0.4, 0.5) is 10.6 Å². The Morgan fingerprint density at radius 3 is 2.44 bits per heavy atom. The molecule has 1 saturated carbocycles. The zero-order valence-electron chi connectivity index (χ0n) is 31.3. The maximum Gasteiger partial charge on any atom is 0.408 e. The normalized spacial score (nSPS) is 23.1. The molecule has 0 aromatic carbocycles. The van der Waals surface area contributed by atoms with Gasteiger partial charge in [-0.05, 0) is 78.4 Å². The Kier molecular flexibility index (Phi) is 12.9. The largest absolute Gasteiger partial charge is 0.463 e. The van der Waals surface area contributed by atoms with Gasteiger partial charge in [0.25, 0.3) is 5.91 Å². The van der Waals surface area contributed by atoms with Gasteiger partial charge in [-0.25, -0.2) is 19.1 Å². The van der Waals surface area contributed by atoms with Crippen LogP contribution in [-0.4, -0.2) is 92.4 Å². The van der Waals surface area contributed by atoms with Crippen molar-refractivity contribution < 1.29 is 48.0 Å². The number of amides is 2. The first-order valence-electron chi connectivity index (χ1n) is 17.8. The molecule has 52 heavy (non-hydrogen) atoms. The topological polar surface area (TPSA) is 213 Å². The van der Waals surface area contributed by atoms with E-state index in [1.165, 1.54) is 16.6 Å². The zero-order valence-corrected chi connectivity index (χ0v) is 31.3.